The highest BCUT2D eigenvalue weighted by Gasteiger charge is 2.04. The quantitative estimate of drug-likeness (QED) is 0.762. The molecule has 0 aromatic carbocycles. The molecule has 5 nitrogen and oxygen atoms in total. The van der Waals surface area contributed by atoms with Gasteiger partial charge in [0.1, 0.15) is 5.82 Å². The van der Waals surface area contributed by atoms with Crippen molar-refractivity contribution < 1.29 is 9.84 Å². The van der Waals surface area contributed by atoms with Crippen LogP contribution in [0.3, 0.4) is 0 Å². The minimum absolute atomic E-state index is 0.0476. The summed E-state index contributed by atoms with van der Waals surface area (Å²) in [4.78, 5) is 8.19. The maximum absolute atomic E-state index is 8.87. The van der Waals surface area contributed by atoms with E-state index in [0.717, 1.165) is 0 Å². The summed E-state index contributed by atoms with van der Waals surface area (Å²) < 4.78 is 5.39. The molecule has 0 aliphatic carbocycles. The van der Waals surface area contributed by atoms with E-state index in [9.17, 15) is 0 Å². The van der Waals surface area contributed by atoms with E-state index in [1.807, 2.05) is 20.8 Å². The molecule has 1 heterocycles. The zero-order chi connectivity index (χ0) is 11.3. The van der Waals surface area contributed by atoms with Crippen LogP contribution in [-0.4, -0.2) is 33.8 Å². The summed E-state index contributed by atoms with van der Waals surface area (Å²) >= 11 is 0. The van der Waals surface area contributed by atoms with Crippen LogP contribution in [0.25, 0.3) is 0 Å². The van der Waals surface area contributed by atoms with Gasteiger partial charge in [-0.25, -0.2) is 0 Å². The molecule has 0 aliphatic heterocycles. The first-order valence-electron chi connectivity index (χ1n) is 4.98. The Morgan fingerprint density at radius 1 is 1.40 bits per heavy atom. The zero-order valence-corrected chi connectivity index (χ0v) is 9.27. The van der Waals surface area contributed by atoms with Crippen molar-refractivity contribution in [2.24, 2.45) is 0 Å². The fraction of sp³-hybridized carbons (Fsp3) is 0.600. The summed E-state index contributed by atoms with van der Waals surface area (Å²) in [5.41, 5.74) is 0. The number of ether oxygens (including phenoxy) is 1. The van der Waals surface area contributed by atoms with E-state index in [4.69, 9.17) is 9.84 Å². The van der Waals surface area contributed by atoms with Gasteiger partial charge in [-0.1, -0.05) is 0 Å². The van der Waals surface area contributed by atoms with Gasteiger partial charge in [0.25, 0.3) is 0 Å². The summed E-state index contributed by atoms with van der Waals surface area (Å²) in [6.07, 6.45) is 3.23. The molecule has 0 spiro atoms. The summed E-state index contributed by atoms with van der Waals surface area (Å²) in [7, 11) is 0. The number of rotatable bonds is 5. The molecule has 0 saturated heterocycles. The molecule has 0 aliphatic rings. The van der Waals surface area contributed by atoms with E-state index in [0.29, 0.717) is 11.7 Å². The topological polar surface area (TPSA) is 67.3 Å². The van der Waals surface area contributed by atoms with Crippen molar-refractivity contribution in [2.45, 2.75) is 32.9 Å². The highest BCUT2D eigenvalue weighted by atomic mass is 16.5. The van der Waals surface area contributed by atoms with Gasteiger partial charge in [0, 0.05) is 6.04 Å². The molecule has 1 atom stereocenters. The molecule has 2 N–H and O–H groups in total. The Morgan fingerprint density at radius 2 is 2.13 bits per heavy atom. The predicted molar refractivity (Wildman–Crippen MR) is 58.0 cm³/mol. The van der Waals surface area contributed by atoms with Crippen molar-refractivity contribution in [3.05, 3.63) is 12.4 Å². The predicted octanol–water partition coefficient (Wildman–Crippen LogP) is 1.06. The van der Waals surface area contributed by atoms with Gasteiger partial charge < -0.3 is 15.2 Å². The van der Waals surface area contributed by atoms with Crippen LogP contribution in [0, 0.1) is 0 Å². The van der Waals surface area contributed by atoms with Gasteiger partial charge in [-0.3, -0.25) is 4.98 Å². The number of hydrogen-bond donors (Lipinski definition) is 2. The fourth-order valence-electron chi connectivity index (χ4n) is 1.01. The lowest BCUT2D eigenvalue weighted by molar-refractivity contribution is 0.231. The third-order valence-electron chi connectivity index (χ3n) is 1.64. The second-order valence-corrected chi connectivity index (χ2v) is 3.64. The van der Waals surface area contributed by atoms with Crippen molar-refractivity contribution in [2.75, 3.05) is 11.9 Å². The molecule has 0 unspecified atom stereocenters. The first kappa shape index (κ1) is 11.7. The smallest absolute Gasteiger partial charge is 0.234 e. The number of nitrogens with one attached hydrogen (secondary N) is 1. The van der Waals surface area contributed by atoms with E-state index in [2.05, 4.69) is 15.3 Å². The second-order valence-electron chi connectivity index (χ2n) is 3.64. The molecule has 0 amide bonds. The highest BCUT2D eigenvalue weighted by molar-refractivity contribution is 5.34. The maximum Gasteiger partial charge on any atom is 0.234 e. The zero-order valence-electron chi connectivity index (χ0n) is 9.27. The third kappa shape index (κ3) is 4.12. The number of nitrogens with zero attached hydrogens (tertiary/aromatic N) is 2. The molecule has 0 bridgehead atoms. The maximum atomic E-state index is 8.87. The Kier molecular flexibility index (Phi) is 4.30. The minimum Gasteiger partial charge on any atom is -0.474 e. The van der Waals surface area contributed by atoms with Crippen LogP contribution in [-0.2, 0) is 0 Å². The van der Waals surface area contributed by atoms with Gasteiger partial charge in [0.15, 0.2) is 0 Å². The van der Waals surface area contributed by atoms with Crippen molar-refractivity contribution in [1.82, 2.24) is 9.97 Å². The van der Waals surface area contributed by atoms with E-state index in [-0.39, 0.29) is 18.8 Å². The number of anilines is 1. The van der Waals surface area contributed by atoms with Crippen molar-refractivity contribution in [3.63, 3.8) is 0 Å². The van der Waals surface area contributed by atoms with Crippen LogP contribution in [0.2, 0.25) is 0 Å². The largest absolute Gasteiger partial charge is 0.474 e. The Hall–Kier alpha value is -1.36. The van der Waals surface area contributed by atoms with Crippen molar-refractivity contribution >= 4 is 5.82 Å². The molecule has 0 saturated carbocycles. The van der Waals surface area contributed by atoms with Gasteiger partial charge in [-0.2, -0.15) is 4.98 Å². The molecule has 1 rings (SSSR count). The van der Waals surface area contributed by atoms with Crippen LogP contribution in [0.15, 0.2) is 12.4 Å². The molecule has 5 heteroatoms. The van der Waals surface area contributed by atoms with Crippen LogP contribution in [0.1, 0.15) is 20.8 Å². The molecule has 1 aromatic heterocycles. The summed E-state index contributed by atoms with van der Waals surface area (Å²) in [5, 5.41) is 11.9. The first-order valence-corrected chi connectivity index (χ1v) is 4.98. The molecule has 0 fully saturated rings. The lowest BCUT2D eigenvalue weighted by Crippen LogP contribution is -2.20. The Labute approximate surface area is 89.5 Å². The molecular formula is C10H17N3O2. The van der Waals surface area contributed by atoms with E-state index < -0.39 is 0 Å². The third-order valence-corrected chi connectivity index (χ3v) is 1.64. The average molecular weight is 211 g/mol. The number of aromatic nitrogens is 2. The first-order chi connectivity index (χ1) is 7.11. The van der Waals surface area contributed by atoms with Crippen LogP contribution < -0.4 is 10.1 Å². The molecule has 84 valence electrons. The lowest BCUT2D eigenvalue weighted by atomic mass is 10.4. The summed E-state index contributed by atoms with van der Waals surface area (Å²) in [5.74, 6) is 1.09. The van der Waals surface area contributed by atoms with Gasteiger partial charge in [-0.15, -0.1) is 0 Å². The Balaban J connectivity index is 2.65. The van der Waals surface area contributed by atoms with Crippen LogP contribution in [0.5, 0.6) is 5.88 Å². The number of aliphatic hydroxyl groups is 1. The van der Waals surface area contributed by atoms with Crippen molar-refractivity contribution in [1.29, 1.82) is 0 Å². The van der Waals surface area contributed by atoms with Gasteiger partial charge in [0.2, 0.25) is 5.88 Å². The molecular weight excluding hydrogens is 194 g/mol. The van der Waals surface area contributed by atoms with E-state index >= 15 is 0 Å². The Bertz CT molecular complexity index is 304. The van der Waals surface area contributed by atoms with Crippen LogP contribution in [0.4, 0.5) is 5.82 Å². The normalized spacial score (nSPS) is 12.6. The molecule has 1 aromatic rings. The Morgan fingerprint density at radius 3 is 2.73 bits per heavy atom. The number of aliphatic hydroxyl groups excluding tert-OH is 1. The fourth-order valence-corrected chi connectivity index (χ4v) is 1.01. The minimum atomic E-state index is -0.0476. The van der Waals surface area contributed by atoms with E-state index in [1.165, 1.54) is 0 Å². The van der Waals surface area contributed by atoms with Gasteiger partial charge >= 0.3 is 0 Å². The van der Waals surface area contributed by atoms with E-state index in [1.54, 1.807) is 12.4 Å². The van der Waals surface area contributed by atoms with Gasteiger partial charge in [0.05, 0.1) is 25.1 Å². The molecule has 0 radical (unpaired) electrons. The molecule has 15 heavy (non-hydrogen) atoms. The number of hydrogen-bond acceptors (Lipinski definition) is 5. The highest BCUT2D eigenvalue weighted by Crippen LogP contribution is 2.11. The van der Waals surface area contributed by atoms with Crippen molar-refractivity contribution in [3.8, 4) is 5.88 Å². The summed E-state index contributed by atoms with van der Waals surface area (Å²) in [6, 6.07) is -0.0476. The SMILES string of the molecule is CC(C)Oc1cncc(N[C@@H](C)CO)n1. The average Bonchev–Trinajstić information content (AvgIpc) is 2.17. The van der Waals surface area contributed by atoms with Crippen LogP contribution >= 0.6 is 0 Å². The second kappa shape index (κ2) is 5.50. The lowest BCUT2D eigenvalue weighted by Gasteiger charge is -2.13. The summed E-state index contributed by atoms with van der Waals surface area (Å²) in [6.45, 7) is 5.77. The monoisotopic (exact) mass is 211 g/mol. The standard InChI is InChI=1S/C10H17N3O2/c1-7(2)15-10-5-11-4-9(13-10)12-8(3)6-14/h4-5,7-8,14H,6H2,1-3H3,(H,12,13)/t8-/m0/s1. The van der Waals surface area contributed by atoms with Gasteiger partial charge in [-0.05, 0) is 20.8 Å².